The van der Waals surface area contributed by atoms with Crippen LogP contribution in [0.15, 0.2) is 0 Å². The fourth-order valence-electron chi connectivity index (χ4n) is 3.18. The minimum atomic E-state index is -0.421. The molecule has 2 saturated heterocycles. The summed E-state index contributed by atoms with van der Waals surface area (Å²) in [5.41, 5.74) is -0.421. The number of nitrogens with zero attached hydrogens (tertiary/aromatic N) is 1. The summed E-state index contributed by atoms with van der Waals surface area (Å²) in [6.45, 7) is 9.29. The van der Waals surface area contributed by atoms with Crippen LogP contribution in [-0.4, -0.2) is 55.0 Å². The number of ether oxygens (including phenoxy) is 2. The molecule has 0 aromatic carbocycles. The van der Waals surface area contributed by atoms with Crippen molar-refractivity contribution in [1.29, 1.82) is 0 Å². The molecule has 128 valence electrons. The summed E-state index contributed by atoms with van der Waals surface area (Å²) in [6, 6.07) is 0.266. The normalized spacial score (nSPS) is 26.2. The highest BCUT2D eigenvalue weighted by Gasteiger charge is 2.31. The van der Waals surface area contributed by atoms with Gasteiger partial charge in [0.05, 0.1) is 6.10 Å². The zero-order valence-electron chi connectivity index (χ0n) is 14.4. The predicted octanol–water partition coefficient (Wildman–Crippen LogP) is 2.93. The summed E-state index contributed by atoms with van der Waals surface area (Å²) in [5.74, 6) is 0. The number of nitrogens with one attached hydrogen (secondary N) is 1. The molecular formula is C17H32N2O3. The van der Waals surface area contributed by atoms with Crippen molar-refractivity contribution in [2.75, 3.05) is 26.2 Å². The Kier molecular flexibility index (Phi) is 6.50. The van der Waals surface area contributed by atoms with Crippen LogP contribution in [0.2, 0.25) is 0 Å². The molecule has 0 aromatic heterocycles. The summed E-state index contributed by atoms with van der Waals surface area (Å²) in [5, 5.41) is 3.49. The lowest BCUT2D eigenvalue weighted by Gasteiger charge is -2.29. The van der Waals surface area contributed by atoms with E-state index in [9.17, 15) is 4.79 Å². The SMILES string of the molecule is CC(C)(C)OC(=O)N1CCCC1CNCCC1CCCCO1. The maximum atomic E-state index is 12.2. The first-order valence-corrected chi connectivity index (χ1v) is 8.77. The van der Waals surface area contributed by atoms with Crippen molar-refractivity contribution >= 4 is 6.09 Å². The lowest BCUT2D eigenvalue weighted by Crippen LogP contribution is -2.44. The third kappa shape index (κ3) is 5.76. The second-order valence-electron chi connectivity index (χ2n) is 7.45. The molecule has 0 spiro atoms. The molecule has 0 bridgehead atoms. The highest BCUT2D eigenvalue weighted by Crippen LogP contribution is 2.20. The molecule has 0 saturated carbocycles. The van der Waals surface area contributed by atoms with Gasteiger partial charge >= 0.3 is 6.09 Å². The number of hydrogen-bond acceptors (Lipinski definition) is 4. The minimum absolute atomic E-state index is 0.174. The van der Waals surface area contributed by atoms with Gasteiger partial charge in [-0.15, -0.1) is 0 Å². The molecule has 5 heteroatoms. The molecule has 0 aromatic rings. The zero-order valence-corrected chi connectivity index (χ0v) is 14.4. The van der Waals surface area contributed by atoms with Crippen LogP contribution >= 0.6 is 0 Å². The summed E-state index contributed by atoms with van der Waals surface area (Å²) in [7, 11) is 0. The van der Waals surface area contributed by atoms with Gasteiger partial charge in [-0.2, -0.15) is 0 Å². The molecule has 1 N–H and O–H groups in total. The van der Waals surface area contributed by atoms with Gasteiger partial charge in [0.1, 0.15) is 5.60 Å². The van der Waals surface area contributed by atoms with Crippen LogP contribution in [0.1, 0.15) is 59.3 Å². The first-order chi connectivity index (χ1) is 10.5. The molecule has 2 rings (SSSR count). The van der Waals surface area contributed by atoms with Crippen LogP contribution in [0.5, 0.6) is 0 Å². The van der Waals surface area contributed by atoms with Gasteiger partial charge in [0.15, 0.2) is 0 Å². The van der Waals surface area contributed by atoms with E-state index in [1.807, 2.05) is 25.7 Å². The van der Waals surface area contributed by atoms with Crippen molar-refractivity contribution in [2.24, 2.45) is 0 Å². The van der Waals surface area contributed by atoms with E-state index in [4.69, 9.17) is 9.47 Å². The smallest absolute Gasteiger partial charge is 0.410 e. The minimum Gasteiger partial charge on any atom is -0.444 e. The molecule has 1 amide bonds. The van der Waals surface area contributed by atoms with E-state index in [0.717, 1.165) is 45.5 Å². The number of rotatable bonds is 5. The van der Waals surface area contributed by atoms with Crippen LogP contribution in [-0.2, 0) is 9.47 Å². The van der Waals surface area contributed by atoms with Crippen LogP contribution < -0.4 is 5.32 Å². The topological polar surface area (TPSA) is 50.8 Å². The van der Waals surface area contributed by atoms with Gasteiger partial charge in [-0.25, -0.2) is 4.79 Å². The molecule has 2 fully saturated rings. The Morgan fingerprint density at radius 3 is 2.77 bits per heavy atom. The van der Waals surface area contributed by atoms with Crippen molar-refractivity contribution in [2.45, 2.75) is 77.0 Å². The molecule has 2 unspecified atom stereocenters. The molecular weight excluding hydrogens is 280 g/mol. The maximum Gasteiger partial charge on any atom is 0.410 e. The Balaban J connectivity index is 1.66. The van der Waals surface area contributed by atoms with E-state index in [1.54, 1.807) is 0 Å². The Morgan fingerprint density at radius 2 is 2.09 bits per heavy atom. The fourth-order valence-corrected chi connectivity index (χ4v) is 3.18. The van der Waals surface area contributed by atoms with Crippen molar-refractivity contribution in [1.82, 2.24) is 10.2 Å². The van der Waals surface area contributed by atoms with E-state index in [0.29, 0.717) is 6.10 Å². The summed E-state index contributed by atoms with van der Waals surface area (Å²) < 4.78 is 11.2. The number of carbonyl (C=O) groups excluding carboxylic acids is 1. The van der Waals surface area contributed by atoms with Gasteiger partial charge in [0.25, 0.3) is 0 Å². The Labute approximate surface area is 134 Å². The van der Waals surface area contributed by atoms with Crippen molar-refractivity contribution in [3.05, 3.63) is 0 Å². The third-order valence-corrected chi connectivity index (χ3v) is 4.30. The Hall–Kier alpha value is -0.810. The number of likely N-dealkylation sites (tertiary alicyclic amines) is 1. The van der Waals surface area contributed by atoms with E-state index in [2.05, 4.69) is 5.32 Å². The van der Waals surface area contributed by atoms with E-state index >= 15 is 0 Å². The second kappa shape index (κ2) is 8.16. The lowest BCUT2D eigenvalue weighted by atomic mass is 10.1. The second-order valence-corrected chi connectivity index (χ2v) is 7.45. The molecule has 2 aliphatic rings. The van der Waals surface area contributed by atoms with Crippen LogP contribution in [0.4, 0.5) is 4.79 Å². The average Bonchev–Trinajstić information content (AvgIpc) is 2.91. The molecule has 2 aliphatic heterocycles. The highest BCUT2D eigenvalue weighted by molar-refractivity contribution is 5.69. The third-order valence-electron chi connectivity index (χ3n) is 4.30. The zero-order chi connectivity index (χ0) is 16.0. The first-order valence-electron chi connectivity index (χ1n) is 8.77. The van der Waals surface area contributed by atoms with Gasteiger partial charge in [0, 0.05) is 25.7 Å². The Bertz CT molecular complexity index is 348. The van der Waals surface area contributed by atoms with Gasteiger partial charge in [-0.05, 0) is 65.8 Å². The van der Waals surface area contributed by atoms with Crippen molar-refractivity contribution < 1.29 is 14.3 Å². The van der Waals surface area contributed by atoms with E-state index < -0.39 is 5.60 Å². The Morgan fingerprint density at radius 1 is 1.27 bits per heavy atom. The molecule has 0 aliphatic carbocycles. The quantitative estimate of drug-likeness (QED) is 0.793. The highest BCUT2D eigenvalue weighted by atomic mass is 16.6. The monoisotopic (exact) mass is 312 g/mol. The molecule has 2 heterocycles. The van der Waals surface area contributed by atoms with Crippen molar-refractivity contribution in [3.63, 3.8) is 0 Å². The molecule has 0 radical (unpaired) electrons. The molecule has 2 atom stereocenters. The van der Waals surface area contributed by atoms with Crippen LogP contribution in [0, 0.1) is 0 Å². The number of carbonyl (C=O) groups is 1. The van der Waals surface area contributed by atoms with Crippen LogP contribution in [0.3, 0.4) is 0 Å². The van der Waals surface area contributed by atoms with E-state index in [-0.39, 0.29) is 12.1 Å². The lowest BCUT2D eigenvalue weighted by molar-refractivity contribution is 0.0107. The summed E-state index contributed by atoms with van der Waals surface area (Å²) in [6.07, 6.45) is 7.13. The van der Waals surface area contributed by atoms with Crippen LogP contribution in [0.25, 0.3) is 0 Å². The summed E-state index contributed by atoms with van der Waals surface area (Å²) in [4.78, 5) is 14.1. The van der Waals surface area contributed by atoms with Gasteiger partial charge in [0.2, 0.25) is 0 Å². The van der Waals surface area contributed by atoms with Gasteiger partial charge in [-0.1, -0.05) is 0 Å². The largest absolute Gasteiger partial charge is 0.444 e. The maximum absolute atomic E-state index is 12.2. The number of amides is 1. The standard InChI is InChI=1S/C17H32N2O3/c1-17(2,3)22-16(20)19-11-6-7-14(19)13-18-10-9-15-8-4-5-12-21-15/h14-15,18H,4-13H2,1-3H3. The first kappa shape index (κ1) is 17.5. The molecule has 5 nitrogen and oxygen atoms in total. The van der Waals surface area contributed by atoms with E-state index in [1.165, 1.54) is 19.3 Å². The van der Waals surface area contributed by atoms with Gasteiger partial charge < -0.3 is 19.7 Å². The molecule has 22 heavy (non-hydrogen) atoms. The number of hydrogen-bond donors (Lipinski definition) is 1. The van der Waals surface area contributed by atoms with Gasteiger partial charge in [-0.3, -0.25) is 0 Å². The van der Waals surface area contributed by atoms with Crippen molar-refractivity contribution in [3.8, 4) is 0 Å². The fraction of sp³-hybridized carbons (Fsp3) is 0.941. The average molecular weight is 312 g/mol. The summed E-state index contributed by atoms with van der Waals surface area (Å²) >= 11 is 0. The predicted molar refractivity (Wildman–Crippen MR) is 87.0 cm³/mol.